The maximum atomic E-state index is 12.2. The van der Waals surface area contributed by atoms with E-state index >= 15 is 0 Å². The Balaban J connectivity index is 1.82. The van der Waals surface area contributed by atoms with E-state index in [1.54, 1.807) is 41.9 Å². The van der Waals surface area contributed by atoms with Crippen molar-refractivity contribution in [3.63, 3.8) is 0 Å². The van der Waals surface area contributed by atoms with Crippen LogP contribution in [-0.4, -0.2) is 28.6 Å². The van der Waals surface area contributed by atoms with Crippen molar-refractivity contribution in [1.29, 1.82) is 0 Å². The van der Waals surface area contributed by atoms with Gasteiger partial charge in [-0.25, -0.2) is 17.8 Å². The first kappa shape index (κ1) is 13.2. The maximum Gasteiger partial charge on any atom is 0.241 e. The summed E-state index contributed by atoms with van der Waals surface area (Å²) in [5, 5.41) is 11.5. The summed E-state index contributed by atoms with van der Waals surface area (Å²) in [5.41, 5.74) is 0. The van der Waals surface area contributed by atoms with Gasteiger partial charge in [0, 0.05) is 0 Å². The zero-order valence-electron chi connectivity index (χ0n) is 11.0. The average Bonchev–Trinajstić information content (AvgIpc) is 3.16. The van der Waals surface area contributed by atoms with Gasteiger partial charge in [0.05, 0.1) is 17.0 Å². The van der Waals surface area contributed by atoms with Crippen LogP contribution in [0.5, 0.6) is 0 Å². The van der Waals surface area contributed by atoms with E-state index in [4.69, 9.17) is 0 Å². The van der Waals surface area contributed by atoms with Crippen LogP contribution in [0.2, 0.25) is 0 Å². The van der Waals surface area contributed by atoms with Gasteiger partial charge in [-0.15, -0.1) is 5.10 Å². The summed E-state index contributed by atoms with van der Waals surface area (Å²) < 4.78 is 28.8. The van der Waals surface area contributed by atoms with Crippen molar-refractivity contribution in [3.05, 3.63) is 36.2 Å². The number of hydrogen-bond donors (Lipinski definition) is 1. The topological polar surface area (TPSA) is 89.8 Å². The van der Waals surface area contributed by atoms with Gasteiger partial charge in [0.25, 0.3) is 0 Å². The SMILES string of the molecule is C[C@H](NS(=O)(=O)c1ccccc1)c1nnnn1C1CC1. The van der Waals surface area contributed by atoms with E-state index in [1.807, 2.05) is 0 Å². The molecule has 1 aromatic carbocycles. The van der Waals surface area contributed by atoms with Gasteiger partial charge in [-0.05, 0) is 42.3 Å². The fourth-order valence-corrected chi connectivity index (χ4v) is 3.24. The molecule has 1 heterocycles. The second-order valence-electron chi connectivity index (χ2n) is 4.87. The molecule has 0 unspecified atom stereocenters. The molecule has 1 N–H and O–H groups in total. The quantitative estimate of drug-likeness (QED) is 0.890. The Kier molecular flexibility index (Phi) is 3.27. The maximum absolute atomic E-state index is 12.2. The summed E-state index contributed by atoms with van der Waals surface area (Å²) in [6.07, 6.45) is 2.08. The van der Waals surface area contributed by atoms with E-state index in [1.165, 1.54) is 0 Å². The summed E-state index contributed by atoms with van der Waals surface area (Å²) in [6.45, 7) is 1.74. The molecule has 20 heavy (non-hydrogen) atoms. The number of nitrogens with zero attached hydrogens (tertiary/aromatic N) is 4. The van der Waals surface area contributed by atoms with E-state index in [9.17, 15) is 8.42 Å². The number of hydrogen-bond acceptors (Lipinski definition) is 5. The number of nitrogens with one attached hydrogen (secondary N) is 1. The number of sulfonamides is 1. The van der Waals surface area contributed by atoms with Crippen molar-refractivity contribution in [3.8, 4) is 0 Å². The van der Waals surface area contributed by atoms with Gasteiger partial charge in [-0.2, -0.15) is 0 Å². The Hall–Kier alpha value is -1.80. The summed E-state index contributed by atoms with van der Waals surface area (Å²) in [6, 6.07) is 8.09. The fraction of sp³-hybridized carbons (Fsp3) is 0.417. The predicted molar refractivity (Wildman–Crippen MR) is 71.3 cm³/mol. The minimum Gasteiger partial charge on any atom is -0.225 e. The molecule has 0 saturated heterocycles. The van der Waals surface area contributed by atoms with Crippen molar-refractivity contribution < 1.29 is 8.42 Å². The summed E-state index contributed by atoms with van der Waals surface area (Å²) in [5.74, 6) is 0.548. The van der Waals surface area contributed by atoms with Crippen LogP contribution in [0.3, 0.4) is 0 Å². The zero-order valence-corrected chi connectivity index (χ0v) is 11.8. The summed E-state index contributed by atoms with van der Waals surface area (Å²) in [7, 11) is -3.57. The molecule has 106 valence electrons. The highest BCUT2D eigenvalue weighted by atomic mass is 32.2. The van der Waals surface area contributed by atoms with Crippen molar-refractivity contribution in [2.75, 3.05) is 0 Å². The lowest BCUT2D eigenvalue weighted by molar-refractivity contribution is 0.523. The molecule has 1 fully saturated rings. The van der Waals surface area contributed by atoms with Crippen molar-refractivity contribution in [2.24, 2.45) is 0 Å². The molecule has 1 saturated carbocycles. The molecule has 0 bridgehead atoms. The van der Waals surface area contributed by atoms with E-state index in [0.29, 0.717) is 11.9 Å². The normalized spacial score (nSPS) is 17.1. The average molecular weight is 293 g/mol. The van der Waals surface area contributed by atoms with Crippen LogP contribution in [0, 0.1) is 0 Å². The first-order valence-electron chi connectivity index (χ1n) is 6.43. The third-order valence-corrected chi connectivity index (χ3v) is 4.74. The van der Waals surface area contributed by atoms with Gasteiger partial charge in [-0.1, -0.05) is 18.2 Å². The van der Waals surface area contributed by atoms with Crippen molar-refractivity contribution in [2.45, 2.75) is 36.7 Å². The number of rotatable bonds is 5. The standard InChI is InChI=1S/C12H15N5O2S/c1-9(12-13-15-16-17(12)10-7-8-10)14-20(18,19)11-5-3-2-4-6-11/h2-6,9-10,14H,7-8H2,1H3/t9-/m0/s1. The van der Waals surface area contributed by atoms with E-state index in [-0.39, 0.29) is 4.90 Å². The van der Waals surface area contributed by atoms with Gasteiger partial charge in [-0.3, -0.25) is 0 Å². The zero-order chi connectivity index (χ0) is 14.2. The van der Waals surface area contributed by atoms with Crippen LogP contribution in [0.15, 0.2) is 35.2 Å². The Labute approximate surface area is 117 Å². The molecule has 0 amide bonds. The number of benzene rings is 1. The second-order valence-corrected chi connectivity index (χ2v) is 6.58. The van der Waals surface area contributed by atoms with Crippen LogP contribution in [0.25, 0.3) is 0 Å². The smallest absolute Gasteiger partial charge is 0.225 e. The highest BCUT2D eigenvalue weighted by Gasteiger charge is 2.30. The van der Waals surface area contributed by atoms with Crippen LogP contribution in [-0.2, 0) is 10.0 Å². The van der Waals surface area contributed by atoms with E-state index < -0.39 is 16.1 Å². The van der Waals surface area contributed by atoms with Crippen molar-refractivity contribution >= 4 is 10.0 Å². The Bertz CT molecular complexity index is 694. The van der Waals surface area contributed by atoms with Crippen molar-refractivity contribution in [1.82, 2.24) is 24.9 Å². The molecule has 0 radical (unpaired) electrons. The Morgan fingerprint density at radius 3 is 2.65 bits per heavy atom. The second kappa shape index (κ2) is 4.95. The lowest BCUT2D eigenvalue weighted by atomic mass is 10.3. The Morgan fingerprint density at radius 1 is 1.30 bits per heavy atom. The van der Waals surface area contributed by atoms with Gasteiger partial charge in [0.2, 0.25) is 10.0 Å². The molecule has 8 heteroatoms. The molecule has 0 spiro atoms. The Morgan fingerprint density at radius 2 is 2.00 bits per heavy atom. The summed E-state index contributed by atoms with van der Waals surface area (Å²) >= 11 is 0. The molecule has 1 aliphatic rings. The minimum atomic E-state index is -3.57. The molecule has 7 nitrogen and oxygen atoms in total. The van der Waals surface area contributed by atoms with Gasteiger partial charge >= 0.3 is 0 Å². The summed E-state index contributed by atoms with van der Waals surface area (Å²) in [4.78, 5) is 0.234. The first-order valence-corrected chi connectivity index (χ1v) is 7.91. The molecule has 1 aromatic heterocycles. The number of aromatic nitrogens is 4. The van der Waals surface area contributed by atoms with Gasteiger partial charge in [0.1, 0.15) is 0 Å². The molecule has 1 aliphatic carbocycles. The highest BCUT2D eigenvalue weighted by molar-refractivity contribution is 7.89. The molecule has 1 atom stereocenters. The van der Waals surface area contributed by atoms with Crippen LogP contribution >= 0.6 is 0 Å². The van der Waals surface area contributed by atoms with E-state index in [2.05, 4.69) is 20.2 Å². The highest BCUT2D eigenvalue weighted by Crippen LogP contribution is 2.35. The molecular formula is C12H15N5O2S. The van der Waals surface area contributed by atoms with Gasteiger partial charge in [0.15, 0.2) is 5.82 Å². The molecule has 3 rings (SSSR count). The van der Waals surface area contributed by atoms with Crippen LogP contribution in [0.1, 0.15) is 37.7 Å². The first-order chi connectivity index (χ1) is 9.58. The van der Waals surface area contributed by atoms with Crippen LogP contribution in [0.4, 0.5) is 0 Å². The third kappa shape index (κ3) is 2.56. The lowest BCUT2D eigenvalue weighted by Gasteiger charge is -2.13. The van der Waals surface area contributed by atoms with Gasteiger partial charge < -0.3 is 0 Å². The lowest BCUT2D eigenvalue weighted by Crippen LogP contribution is -2.29. The minimum absolute atomic E-state index is 0.234. The monoisotopic (exact) mass is 293 g/mol. The molecule has 2 aromatic rings. The molecular weight excluding hydrogens is 278 g/mol. The fourth-order valence-electron chi connectivity index (χ4n) is 2.02. The predicted octanol–water partition coefficient (Wildman–Crippen LogP) is 1.05. The molecule has 0 aliphatic heterocycles. The van der Waals surface area contributed by atoms with E-state index in [0.717, 1.165) is 12.8 Å². The number of tetrazole rings is 1. The largest absolute Gasteiger partial charge is 0.241 e. The van der Waals surface area contributed by atoms with Crippen LogP contribution < -0.4 is 4.72 Å². The third-order valence-electron chi connectivity index (χ3n) is 3.18.